The van der Waals surface area contributed by atoms with Crippen LogP contribution in [0.25, 0.3) is 0 Å². The van der Waals surface area contributed by atoms with Crippen molar-refractivity contribution >= 4 is 33.0 Å². The number of nitrogens with two attached hydrogens (primary N) is 1. The minimum atomic E-state index is 0.293. The van der Waals surface area contributed by atoms with Crippen molar-refractivity contribution in [3.63, 3.8) is 0 Å². The lowest BCUT2D eigenvalue weighted by molar-refractivity contribution is -0.119. The van der Waals surface area contributed by atoms with Crippen molar-refractivity contribution in [2.75, 3.05) is 6.54 Å². The third kappa shape index (κ3) is 4.45. The highest BCUT2D eigenvalue weighted by Crippen LogP contribution is 2.23. The lowest BCUT2D eigenvalue weighted by Gasteiger charge is -2.09. The van der Waals surface area contributed by atoms with Gasteiger partial charge < -0.3 is 5.73 Å². The number of rotatable bonds is 6. The average Bonchev–Trinajstić information content (AvgIpc) is 2.60. The molecule has 1 heterocycles. The van der Waals surface area contributed by atoms with Crippen LogP contribution in [0.4, 0.5) is 0 Å². The molecule has 0 aliphatic heterocycles. The van der Waals surface area contributed by atoms with Crippen molar-refractivity contribution in [2.24, 2.45) is 11.7 Å². The van der Waals surface area contributed by atoms with Crippen molar-refractivity contribution in [2.45, 2.75) is 26.2 Å². The van der Waals surface area contributed by atoms with E-state index in [1.165, 1.54) is 0 Å². The zero-order chi connectivity index (χ0) is 11.3. The minimum Gasteiger partial charge on any atom is -0.330 e. The van der Waals surface area contributed by atoms with E-state index in [4.69, 9.17) is 5.73 Å². The van der Waals surface area contributed by atoms with Gasteiger partial charge in [-0.05, 0) is 40.5 Å². The summed E-state index contributed by atoms with van der Waals surface area (Å²) in [6.45, 7) is 2.68. The molecule has 84 valence electrons. The van der Waals surface area contributed by atoms with E-state index in [2.05, 4.69) is 22.9 Å². The van der Waals surface area contributed by atoms with Gasteiger partial charge in [-0.2, -0.15) is 0 Å². The molecule has 1 unspecified atom stereocenters. The first-order valence-corrected chi connectivity index (χ1v) is 6.72. The summed E-state index contributed by atoms with van der Waals surface area (Å²) in [6, 6.07) is 3.98. The standard InChI is InChI=1S/C11H16BrNOS/c1-2-8(7-13)5-9(14)6-10-3-4-11(12)15-10/h3-4,8H,2,5-7,13H2,1H3. The van der Waals surface area contributed by atoms with E-state index in [9.17, 15) is 4.79 Å². The van der Waals surface area contributed by atoms with Crippen LogP contribution >= 0.6 is 27.3 Å². The summed E-state index contributed by atoms with van der Waals surface area (Å²) < 4.78 is 1.08. The number of hydrogen-bond acceptors (Lipinski definition) is 3. The Morgan fingerprint density at radius 2 is 2.33 bits per heavy atom. The van der Waals surface area contributed by atoms with Gasteiger partial charge in [-0.3, -0.25) is 4.79 Å². The van der Waals surface area contributed by atoms with E-state index in [0.29, 0.717) is 31.1 Å². The van der Waals surface area contributed by atoms with Gasteiger partial charge in [0.05, 0.1) is 3.79 Å². The van der Waals surface area contributed by atoms with Crippen LogP contribution in [0.5, 0.6) is 0 Å². The molecule has 0 aliphatic rings. The molecule has 0 spiro atoms. The SMILES string of the molecule is CCC(CN)CC(=O)Cc1ccc(Br)s1. The van der Waals surface area contributed by atoms with Gasteiger partial charge in [0.15, 0.2) is 0 Å². The number of halogens is 1. The Morgan fingerprint density at radius 3 is 2.80 bits per heavy atom. The van der Waals surface area contributed by atoms with Gasteiger partial charge in [0, 0.05) is 17.7 Å². The molecule has 0 amide bonds. The fourth-order valence-corrected chi connectivity index (χ4v) is 2.94. The highest BCUT2D eigenvalue weighted by atomic mass is 79.9. The number of Topliss-reactive ketones (excluding diaryl/α,β-unsaturated/α-hetero) is 1. The smallest absolute Gasteiger partial charge is 0.138 e. The molecule has 0 saturated carbocycles. The summed E-state index contributed by atoms with van der Waals surface area (Å²) in [5.74, 6) is 0.641. The minimum absolute atomic E-state index is 0.293. The number of carbonyl (C=O) groups excluding carboxylic acids is 1. The second-order valence-corrected chi connectivity index (χ2v) is 6.18. The van der Waals surface area contributed by atoms with Crippen LogP contribution in [0.3, 0.4) is 0 Å². The Labute approximate surface area is 103 Å². The van der Waals surface area contributed by atoms with Crippen molar-refractivity contribution in [1.29, 1.82) is 0 Å². The Kier molecular flexibility index (Phi) is 5.50. The van der Waals surface area contributed by atoms with Crippen LogP contribution in [0.15, 0.2) is 15.9 Å². The maximum Gasteiger partial charge on any atom is 0.138 e. The van der Waals surface area contributed by atoms with Crippen LogP contribution in [-0.2, 0) is 11.2 Å². The van der Waals surface area contributed by atoms with E-state index in [-0.39, 0.29) is 0 Å². The van der Waals surface area contributed by atoms with Crippen LogP contribution in [0.2, 0.25) is 0 Å². The van der Waals surface area contributed by atoms with Gasteiger partial charge in [0.1, 0.15) is 5.78 Å². The van der Waals surface area contributed by atoms with Gasteiger partial charge in [-0.1, -0.05) is 13.3 Å². The predicted molar refractivity (Wildman–Crippen MR) is 68.2 cm³/mol. The average molecular weight is 290 g/mol. The molecule has 1 aromatic rings. The second kappa shape index (κ2) is 6.40. The molecular formula is C11H16BrNOS. The predicted octanol–water partition coefficient (Wildman–Crippen LogP) is 3.00. The van der Waals surface area contributed by atoms with Crippen molar-refractivity contribution in [3.05, 3.63) is 20.8 Å². The third-order valence-electron chi connectivity index (χ3n) is 2.43. The zero-order valence-corrected chi connectivity index (χ0v) is 11.2. The zero-order valence-electron chi connectivity index (χ0n) is 8.83. The lowest BCUT2D eigenvalue weighted by Crippen LogP contribution is -2.18. The summed E-state index contributed by atoms with van der Waals surface area (Å²) in [5.41, 5.74) is 5.57. The number of carbonyl (C=O) groups is 1. The number of thiophene rings is 1. The number of ketones is 1. The van der Waals surface area contributed by atoms with Crippen molar-refractivity contribution in [3.8, 4) is 0 Å². The monoisotopic (exact) mass is 289 g/mol. The van der Waals surface area contributed by atoms with Crippen molar-refractivity contribution < 1.29 is 4.79 Å². The highest BCUT2D eigenvalue weighted by Gasteiger charge is 2.11. The molecule has 0 radical (unpaired) electrons. The van der Waals surface area contributed by atoms with Crippen LogP contribution in [-0.4, -0.2) is 12.3 Å². The van der Waals surface area contributed by atoms with Gasteiger partial charge in [-0.25, -0.2) is 0 Å². The van der Waals surface area contributed by atoms with E-state index >= 15 is 0 Å². The quantitative estimate of drug-likeness (QED) is 0.875. The molecule has 2 N–H and O–H groups in total. The fraction of sp³-hybridized carbons (Fsp3) is 0.545. The number of hydrogen-bond donors (Lipinski definition) is 1. The third-order valence-corrected chi connectivity index (χ3v) is 4.05. The largest absolute Gasteiger partial charge is 0.330 e. The molecule has 15 heavy (non-hydrogen) atoms. The van der Waals surface area contributed by atoms with Gasteiger partial charge in [0.25, 0.3) is 0 Å². The summed E-state index contributed by atoms with van der Waals surface area (Å²) in [4.78, 5) is 12.8. The van der Waals surface area contributed by atoms with Crippen LogP contribution in [0.1, 0.15) is 24.6 Å². The summed E-state index contributed by atoms with van der Waals surface area (Å²) >= 11 is 5.01. The highest BCUT2D eigenvalue weighted by molar-refractivity contribution is 9.11. The molecule has 1 atom stereocenters. The Hall–Kier alpha value is -0.190. The normalized spacial score (nSPS) is 12.7. The molecule has 0 bridgehead atoms. The Morgan fingerprint density at radius 1 is 1.60 bits per heavy atom. The molecule has 0 aromatic carbocycles. The molecule has 1 aromatic heterocycles. The summed E-state index contributed by atoms with van der Waals surface area (Å²) in [6.07, 6.45) is 2.14. The summed E-state index contributed by atoms with van der Waals surface area (Å²) in [7, 11) is 0. The Balaban J connectivity index is 2.42. The first-order chi connectivity index (χ1) is 7.15. The second-order valence-electron chi connectivity index (χ2n) is 3.64. The molecule has 1 rings (SSSR count). The van der Waals surface area contributed by atoms with Gasteiger partial charge >= 0.3 is 0 Å². The van der Waals surface area contributed by atoms with E-state index < -0.39 is 0 Å². The molecule has 2 nitrogen and oxygen atoms in total. The van der Waals surface area contributed by atoms with Crippen molar-refractivity contribution in [1.82, 2.24) is 0 Å². The molecular weight excluding hydrogens is 274 g/mol. The van der Waals surface area contributed by atoms with Crippen LogP contribution < -0.4 is 5.73 Å². The maximum absolute atomic E-state index is 11.7. The molecule has 0 aliphatic carbocycles. The van der Waals surface area contributed by atoms with E-state index in [1.807, 2.05) is 12.1 Å². The van der Waals surface area contributed by atoms with Gasteiger partial charge in [-0.15, -0.1) is 11.3 Å². The van der Waals surface area contributed by atoms with Crippen LogP contribution in [0, 0.1) is 5.92 Å². The molecule has 0 fully saturated rings. The first kappa shape index (κ1) is 12.9. The fourth-order valence-electron chi connectivity index (χ4n) is 1.43. The lowest BCUT2D eigenvalue weighted by atomic mass is 9.98. The Bertz CT molecular complexity index is 320. The summed E-state index contributed by atoms with van der Waals surface area (Å²) in [5, 5.41) is 0. The molecule has 4 heteroatoms. The maximum atomic E-state index is 11.7. The first-order valence-electron chi connectivity index (χ1n) is 5.11. The van der Waals surface area contributed by atoms with E-state index in [1.54, 1.807) is 11.3 Å². The van der Waals surface area contributed by atoms with Gasteiger partial charge in [0.2, 0.25) is 0 Å². The topological polar surface area (TPSA) is 43.1 Å². The van der Waals surface area contributed by atoms with E-state index in [0.717, 1.165) is 15.1 Å². The molecule has 0 saturated heterocycles.